The van der Waals surface area contributed by atoms with Crippen LogP contribution in [0.2, 0.25) is 0 Å². The lowest BCUT2D eigenvalue weighted by Crippen LogP contribution is -2.31. The molecule has 1 rings (SSSR count). The fourth-order valence-electron chi connectivity index (χ4n) is 1.40. The lowest BCUT2D eigenvalue weighted by atomic mass is 10.1. The lowest BCUT2D eigenvalue weighted by molar-refractivity contribution is -0.138. The van der Waals surface area contributed by atoms with Crippen LogP contribution in [0, 0.1) is 0 Å². The Morgan fingerprint density at radius 2 is 2.00 bits per heavy atom. The Bertz CT molecular complexity index is 364. The van der Waals surface area contributed by atoms with Crippen molar-refractivity contribution in [2.24, 2.45) is 5.73 Å². The topological polar surface area (TPSA) is 81.8 Å². The molecule has 100 valence electrons. The molecule has 0 fully saturated rings. The Kier molecular flexibility index (Phi) is 6.18. The largest absolute Gasteiger partial charge is 0.494 e. The molecule has 18 heavy (non-hydrogen) atoms. The van der Waals surface area contributed by atoms with Crippen molar-refractivity contribution in [3.63, 3.8) is 0 Å². The summed E-state index contributed by atoms with van der Waals surface area (Å²) in [4.78, 5) is 10.5. The summed E-state index contributed by atoms with van der Waals surface area (Å²) >= 11 is 0. The predicted octanol–water partition coefficient (Wildman–Crippen LogP) is 1.06. The van der Waals surface area contributed by atoms with Gasteiger partial charge in [-0.3, -0.25) is 4.79 Å². The first kappa shape index (κ1) is 14.5. The zero-order valence-electron chi connectivity index (χ0n) is 10.5. The van der Waals surface area contributed by atoms with Crippen LogP contribution < -0.4 is 10.5 Å². The van der Waals surface area contributed by atoms with Gasteiger partial charge >= 0.3 is 5.97 Å². The molecule has 0 aliphatic heterocycles. The molecule has 0 aliphatic carbocycles. The smallest absolute Gasteiger partial charge is 0.320 e. The molecule has 0 saturated carbocycles. The summed E-state index contributed by atoms with van der Waals surface area (Å²) in [5, 5.41) is 8.61. The summed E-state index contributed by atoms with van der Waals surface area (Å²) in [7, 11) is 1.67. The maximum atomic E-state index is 10.5. The number of aliphatic carboxylic acids is 1. The molecule has 0 amide bonds. The molecule has 3 N–H and O–H groups in total. The normalized spacial score (nSPS) is 12.1. The summed E-state index contributed by atoms with van der Waals surface area (Å²) < 4.78 is 10.4. The van der Waals surface area contributed by atoms with Crippen molar-refractivity contribution in [3.05, 3.63) is 29.8 Å². The van der Waals surface area contributed by atoms with Crippen LogP contribution in [0.3, 0.4) is 0 Å². The molecule has 1 unspecified atom stereocenters. The Balaban J connectivity index is 2.32. The van der Waals surface area contributed by atoms with Gasteiger partial charge < -0.3 is 20.3 Å². The van der Waals surface area contributed by atoms with E-state index in [-0.39, 0.29) is 0 Å². The number of hydrogen-bond donors (Lipinski definition) is 2. The van der Waals surface area contributed by atoms with Crippen molar-refractivity contribution in [1.29, 1.82) is 0 Å². The average Bonchev–Trinajstić information content (AvgIpc) is 2.37. The number of rotatable bonds is 8. The number of carbonyl (C=O) groups is 1. The predicted molar refractivity (Wildman–Crippen MR) is 67.7 cm³/mol. The van der Waals surface area contributed by atoms with Gasteiger partial charge in [0.2, 0.25) is 0 Å². The van der Waals surface area contributed by atoms with E-state index in [1.807, 2.05) is 24.3 Å². The van der Waals surface area contributed by atoms with Gasteiger partial charge in [-0.15, -0.1) is 0 Å². The molecule has 1 atom stereocenters. The SMILES string of the molecule is COCCc1ccc(OCCC(N)C(=O)O)cc1. The molecule has 0 saturated heterocycles. The summed E-state index contributed by atoms with van der Waals surface area (Å²) in [6.07, 6.45) is 1.15. The molecule has 0 aromatic heterocycles. The third-order valence-electron chi connectivity index (χ3n) is 2.53. The van der Waals surface area contributed by atoms with E-state index < -0.39 is 12.0 Å². The van der Waals surface area contributed by atoms with Crippen LogP contribution in [0.4, 0.5) is 0 Å². The monoisotopic (exact) mass is 253 g/mol. The fourth-order valence-corrected chi connectivity index (χ4v) is 1.40. The minimum atomic E-state index is -1.01. The van der Waals surface area contributed by atoms with E-state index in [2.05, 4.69) is 0 Å². The Labute approximate surface area is 107 Å². The quantitative estimate of drug-likeness (QED) is 0.724. The second kappa shape index (κ2) is 7.68. The molecule has 0 radical (unpaired) electrons. The van der Waals surface area contributed by atoms with Crippen molar-refractivity contribution in [3.8, 4) is 5.75 Å². The Morgan fingerprint density at radius 1 is 1.33 bits per heavy atom. The van der Waals surface area contributed by atoms with Crippen LogP contribution in [-0.2, 0) is 16.0 Å². The van der Waals surface area contributed by atoms with E-state index in [1.165, 1.54) is 5.56 Å². The van der Waals surface area contributed by atoms with Gasteiger partial charge in [-0.05, 0) is 24.1 Å². The molecule has 0 bridgehead atoms. The van der Waals surface area contributed by atoms with Crippen LogP contribution in [0.25, 0.3) is 0 Å². The number of carboxylic acids is 1. The summed E-state index contributed by atoms with van der Waals surface area (Å²) in [6.45, 7) is 0.985. The van der Waals surface area contributed by atoms with Crippen LogP contribution in [0.5, 0.6) is 5.75 Å². The van der Waals surface area contributed by atoms with Gasteiger partial charge in [0.05, 0.1) is 13.2 Å². The third kappa shape index (κ3) is 5.16. The first-order valence-electron chi connectivity index (χ1n) is 5.82. The molecule has 0 aliphatic rings. The highest BCUT2D eigenvalue weighted by molar-refractivity contribution is 5.72. The van der Waals surface area contributed by atoms with Gasteiger partial charge in [0.1, 0.15) is 11.8 Å². The van der Waals surface area contributed by atoms with E-state index in [0.29, 0.717) is 25.4 Å². The third-order valence-corrected chi connectivity index (χ3v) is 2.53. The van der Waals surface area contributed by atoms with Crippen molar-refractivity contribution in [2.45, 2.75) is 18.9 Å². The van der Waals surface area contributed by atoms with Gasteiger partial charge in [0, 0.05) is 13.5 Å². The summed E-state index contributed by atoms with van der Waals surface area (Å²) in [6, 6.07) is 6.77. The zero-order valence-corrected chi connectivity index (χ0v) is 10.5. The van der Waals surface area contributed by atoms with Gasteiger partial charge in [0.15, 0.2) is 0 Å². The van der Waals surface area contributed by atoms with Crippen LogP contribution in [0.1, 0.15) is 12.0 Å². The van der Waals surface area contributed by atoms with Gasteiger partial charge in [-0.25, -0.2) is 0 Å². The Hall–Kier alpha value is -1.59. The molecular formula is C13H19NO4. The minimum absolute atomic E-state index is 0.292. The number of carboxylic acid groups (broad SMARTS) is 1. The molecule has 5 nitrogen and oxygen atoms in total. The first-order chi connectivity index (χ1) is 8.63. The number of hydrogen-bond acceptors (Lipinski definition) is 4. The zero-order chi connectivity index (χ0) is 13.4. The average molecular weight is 253 g/mol. The van der Waals surface area contributed by atoms with Gasteiger partial charge in [0.25, 0.3) is 0 Å². The molecule has 1 aromatic rings. The van der Waals surface area contributed by atoms with E-state index in [4.69, 9.17) is 20.3 Å². The van der Waals surface area contributed by atoms with E-state index in [1.54, 1.807) is 7.11 Å². The van der Waals surface area contributed by atoms with Crippen LogP contribution >= 0.6 is 0 Å². The first-order valence-corrected chi connectivity index (χ1v) is 5.82. The van der Waals surface area contributed by atoms with Gasteiger partial charge in [-0.1, -0.05) is 12.1 Å². The van der Waals surface area contributed by atoms with Crippen LogP contribution in [0.15, 0.2) is 24.3 Å². The molecule has 0 heterocycles. The standard InChI is InChI=1S/C13H19NO4/c1-17-8-6-10-2-4-11(5-3-10)18-9-7-12(14)13(15)16/h2-5,12H,6-9,14H2,1H3,(H,15,16). The van der Waals surface area contributed by atoms with Crippen molar-refractivity contribution in [2.75, 3.05) is 20.3 Å². The van der Waals surface area contributed by atoms with Crippen molar-refractivity contribution < 1.29 is 19.4 Å². The minimum Gasteiger partial charge on any atom is -0.494 e. The van der Waals surface area contributed by atoms with E-state index in [0.717, 1.165) is 6.42 Å². The van der Waals surface area contributed by atoms with E-state index >= 15 is 0 Å². The second-order valence-electron chi connectivity index (χ2n) is 3.97. The highest BCUT2D eigenvalue weighted by atomic mass is 16.5. The van der Waals surface area contributed by atoms with Crippen molar-refractivity contribution in [1.82, 2.24) is 0 Å². The molecular weight excluding hydrogens is 234 g/mol. The lowest BCUT2D eigenvalue weighted by Gasteiger charge is -2.09. The van der Waals surface area contributed by atoms with Crippen LogP contribution in [-0.4, -0.2) is 37.4 Å². The number of nitrogens with two attached hydrogens (primary N) is 1. The van der Waals surface area contributed by atoms with E-state index in [9.17, 15) is 4.79 Å². The number of benzene rings is 1. The highest BCUT2D eigenvalue weighted by Crippen LogP contribution is 2.13. The maximum absolute atomic E-state index is 10.5. The summed E-state index contributed by atoms with van der Waals surface area (Å²) in [5.41, 5.74) is 6.54. The second-order valence-corrected chi connectivity index (χ2v) is 3.97. The number of ether oxygens (including phenoxy) is 2. The highest BCUT2D eigenvalue weighted by Gasteiger charge is 2.10. The Morgan fingerprint density at radius 3 is 2.56 bits per heavy atom. The molecule has 0 spiro atoms. The summed E-state index contributed by atoms with van der Waals surface area (Å²) in [5.74, 6) is -0.290. The van der Waals surface area contributed by atoms with Crippen molar-refractivity contribution >= 4 is 5.97 Å². The molecule has 1 aromatic carbocycles. The van der Waals surface area contributed by atoms with Gasteiger partial charge in [-0.2, -0.15) is 0 Å². The maximum Gasteiger partial charge on any atom is 0.320 e. The molecule has 5 heteroatoms. The fraction of sp³-hybridized carbons (Fsp3) is 0.462. The number of methoxy groups -OCH3 is 1.